The minimum atomic E-state index is -0.389. The lowest BCUT2D eigenvalue weighted by Gasteiger charge is -2.36. The zero-order chi connectivity index (χ0) is 32.4. The molecule has 4 heterocycles. The summed E-state index contributed by atoms with van der Waals surface area (Å²) in [6.45, 7) is 0.716. The molecule has 1 fully saturated rings. The van der Waals surface area contributed by atoms with Crippen LogP contribution in [-0.4, -0.2) is 63.5 Å². The molecule has 0 unspecified atom stereocenters. The van der Waals surface area contributed by atoms with Gasteiger partial charge in [-0.1, -0.05) is 17.7 Å². The summed E-state index contributed by atoms with van der Waals surface area (Å²) >= 11 is 6.44. The summed E-state index contributed by atoms with van der Waals surface area (Å²) < 4.78 is 19.8. The van der Waals surface area contributed by atoms with Crippen LogP contribution in [0.25, 0.3) is 17.0 Å². The van der Waals surface area contributed by atoms with E-state index in [1.807, 2.05) is 30.1 Å². The number of pyridine rings is 3. The molecular formula is C32H33ClN8O5. The van der Waals surface area contributed by atoms with Crippen LogP contribution in [0.1, 0.15) is 24.0 Å². The highest BCUT2D eigenvalue weighted by molar-refractivity contribution is 6.30. The number of benzene rings is 1. The Bertz CT molecular complexity index is 1960. The average Bonchev–Trinajstić information content (AvgIpc) is 3.46. The fourth-order valence-corrected chi connectivity index (χ4v) is 5.57. The Hall–Kier alpha value is -5.14. The van der Waals surface area contributed by atoms with Gasteiger partial charge in [0.2, 0.25) is 0 Å². The van der Waals surface area contributed by atoms with Crippen LogP contribution in [0.4, 0.5) is 16.3 Å². The number of carbonyl (C=O) groups excluding carboxylic acids is 1. The molecule has 0 aliphatic heterocycles. The Kier molecular flexibility index (Phi) is 8.77. The summed E-state index contributed by atoms with van der Waals surface area (Å²) in [5.41, 5.74) is 9.06. The highest BCUT2D eigenvalue weighted by atomic mass is 35.5. The Labute approximate surface area is 269 Å². The van der Waals surface area contributed by atoms with Crippen molar-refractivity contribution in [3.8, 4) is 17.3 Å². The largest absolute Gasteiger partial charge is 0.497 e. The number of ether oxygens (including phenoxy) is 3. The number of hydrogen-bond acceptors (Lipinski definition) is 10. The number of methoxy groups -OCH3 is 2. The molecule has 2 atom stereocenters. The van der Waals surface area contributed by atoms with Crippen molar-refractivity contribution in [1.82, 2.24) is 29.4 Å². The fraction of sp³-hybridized carbons (Fsp3) is 0.281. The number of aromatic nitrogens is 5. The first-order valence-corrected chi connectivity index (χ1v) is 14.9. The van der Waals surface area contributed by atoms with Gasteiger partial charge in [0, 0.05) is 43.6 Å². The Balaban J connectivity index is 1.14. The van der Waals surface area contributed by atoms with Crippen LogP contribution in [0, 0.1) is 0 Å². The van der Waals surface area contributed by atoms with Crippen molar-refractivity contribution in [2.45, 2.75) is 38.1 Å². The maximum Gasteiger partial charge on any atom is 0.328 e. The summed E-state index contributed by atoms with van der Waals surface area (Å²) in [7, 11) is 5.12. The lowest BCUT2D eigenvalue weighted by atomic mass is 9.89. The quantitative estimate of drug-likeness (QED) is 0.212. The van der Waals surface area contributed by atoms with E-state index in [2.05, 4.69) is 20.3 Å². The molecule has 1 saturated carbocycles. The van der Waals surface area contributed by atoms with Gasteiger partial charge in [-0.15, -0.1) is 0 Å². The van der Waals surface area contributed by atoms with Crippen molar-refractivity contribution in [2.75, 3.05) is 31.9 Å². The second-order valence-corrected chi connectivity index (χ2v) is 11.3. The smallest absolute Gasteiger partial charge is 0.328 e. The normalized spacial score (nSPS) is 15.7. The van der Waals surface area contributed by atoms with Gasteiger partial charge in [-0.2, -0.15) is 0 Å². The highest BCUT2D eigenvalue weighted by Gasteiger charge is 2.34. The van der Waals surface area contributed by atoms with E-state index in [-0.39, 0.29) is 41.3 Å². The number of nitrogens with one attached hydrogen (secondary N) is 1. The predicted octanol–water partition coefficient (Wildman–Crippen LogP) is 4.17. The second kappa shape index (κ2) is 13.1. The summed E-state index contributed by atoms with van der Waals surface area (Å²) in [5, 5.41) is 3.26. The highest BCUT2D eigenvalue weighted by Crippen LogP contribution is 2.31. The fourth-order valence-electron chi connectivity index (χ4n) is 5.39. The molecule has 0 bridgehead atoms. The van der Waals surface area contributed by atoms with Crippen LogP contribution in [-0.2, 0) is 17.9 Å². The molecule has 1 aliphatic rings. The number of hydrogen-bond donors (Lipinski definition) is 2. The number of nitrogen functional groups attached to an aromatic ring is 1. The van der Waals surface area contributed by atoms with Crippen LogP contribution < -0.4 is 31.0 Å². The van der Waals surface area contributed by atoms with Crippen molar-refractivity contribution < 1.29 is 19.0 Å². The molecule has 14 heteroatoms. The van der Waals surface area contributed by atoms with Gasteiger partial charge in [0.05, 0.1) is 38.7 Å². The van der Waals surface area contributed by atoms with E-state index in [1.54, 1.807) is 50.7 Å². The second-order valence-electron chi connectivity index (χ2n) is 10.9. The van der Waals surface area contributed by atoms with Crippen molar-refractivity contribution in [3.63, 3.8) is 0 Å². The molecule has 0 radical (unpaired) electrons. The van der Waals surface area contributed by atoms with E-state index >= 15 is 0 Å². The number of halogens is 1. The molecule has 1 aliphatic carbocycles. The minimum Gasteiger partial charge on any atom is -0.497 e. The third kappa shape index (κ3) is 6.32. The zero-order valence-corrected chi connectivity index (χ0v) is 26.3. The van der Waals surface area contributed by atoms with Crippen molar-refractivity contribution in [1.29, 1.82) is 0 Å². The molecule has 0 saturated heterocycles. The maximum atomic E-state index is 13.4. The number of nitrogens with two attached hydrogens (primary N) is 1. The van der Waals surface area contributed by atoms with Gasteiger partial charge in [0.15, 0.2) is 5.65 Å². The van der Waals surface area contributed by atoms with Crippen LogP contribution in [0.15, 0.2) is 71.9 Å². The Morgan fingerprint density at radius 2 is 1.96 bits per heavy atom. The van der Waals surface area contributed by atoms with Gasteiger partial charge in [0.1, 0.15) is 40.1 Å². The molecule has 6 rings (SSSR count). The van der Waals surface area contributed by atoms with Crippen LogP contribution >= 0.6 is 11.6 Å². The van der Waals surface area contributed by atoms with Gasteiger partial charge in [-0.25, -0.2) is 24.3 Å². The van der Waals surface area contributed by atoms with Gasteiger partial charge < -0.3 is 30.2 Å². The molecule has 3 N–H and O–H groups in total. The molecule has 0 spiro atoms. The number of nitrogens with zero attached hydrogens (tertiary/aromatic N) is 6. The summed E-state index contributed by atoms with van der Waals surface area (Å²) in [6, 6.07) is 15.1. The third-order valence-corrected chi connectivity index (χ3v) is 8.12. The standard InChI is InChI=1S/C32H33ClN8O5/c1-39(16-20-7-8-21(44-2)14-25(20)45-3)23-15-26(33)37-31-30(23)35-18-41(31)32(43)36-22-9-10-24(22)46-17-19-12-27(34)38-28(13-19)40-11-5-4-6-29(40)42/h4-8,11-15,18,22,24H,9-10,16-17H2,1-3H3,(H2,34,38)(H,36,43)/t22-,24-/m1/s1. The predicted molar refractivity (Wildman–Crippen MR) is 174 cm³/mol. The topological polar surface area (TPSA) is 152 Å². The molecular weight excluding hydrogens is 612 g/mol. The lowest BCUT2D eigenvalue weighted by molar-refractivity contribution is -0.0323. The first-order valence-electron chi connectivity index (χ1n) is 14.6. The monoisotopic (exact) mass is 644 g/mol. The number of anilines is 2. The van der Waals surface area contributed by atoms with E-state index in [1.165, 1.54) is 21.5 Å². The van der Waals surface area contributed by atoms with E-state index in [0.29, 0.717) is 40.7 Å². The molecule has 1 aromatic carbocycles. The number of fused-ring (bicyclic) bond motifs is 1. The van der Waals surface area contributed by atoms with Crippen LogP contribution in [0.2, 0.25) is 5.15 Å². The van der Waals surface area contributed by atoms with E-state index < -0.39 is 0 Å². The zero-order valence-electron chi connectivity index (χ0n) is 25.5. The van der Waals surface area contributed by atoms with Gasteiger partial charge in [-0.3, -0.25) is 9.36 Å². The molecule has 46 heavy (non-hydrogen) atoms. The lowest BCUT2D eigenvalue weighted by Crippen LogP contribution is -2.52. The summed E-state index contributed by atoms with van der Waals surface area (Å²) in [4.78, 5) is 40.9. The summed E-state index contributed by atoms with van der Waals surface area (Å²) in [5.74, 6) is 2.06. The number of imidazole rings is 1. The van der Waals surface area contributed by atoms with Gasteiger partial charge >= 0.3 is 6.03 Å². The first kappa shape index (κ1) is 30.9. The number of rotatable bonds is 10. The molecule has 238 valence electrons. The van der Waals surface area contributed by atoms with Gasteiger partial charge in [-0.05, 0) is 48.7 Å². The van der Waals surface area contributed by atoms with Crippen molar-refractivity contribution in [2.24, 2.45) is 0 Å². The molecule has 5 aromatic rings. The summed E-state index contributed by atoms with van der Waals surface area (Å²) in [6.07, 6.45) is 4.38. The third-order valence-electron chi connectivity index (χ3n) is 7.93. The van der Waals surface area contributed by atoms with Crippen LogP contribution in [0.5, 0.6) is 11.5 Å². The van der Waals surface area contributed by atoms with E-state index in [9.17, 15) is 9.59 Å². The van der Waals surface area contributed by atoms with Crippen molar-refractivity contribution in [3.05, 3.63) is 93.8 Å². The molecule has 1 amide bonds. The minimum absolute atomic E-state index is 0.214. The molecule has 4 aromatic heterocycles. The number of carbonyl (C=O) groups is 1. The Morgan fingerprint density at radius 3 is 2.70 bits per heavy atom. The van der Waals surface area contributed by atoms with Gasteiger partial charge in [0.25, 0.3) is 5.56 Å². The van der Waals surface area contributed by atoms with Crippen molar-refractivity contribution >= 4 is 40.3 Å². The SMILES string of the molecule is COc1ccc(CN(C)c2cc(Cl)nc3c2ncn3C(=O)N[C@@H]2CC[C@H]2OCc2cc(N)nc(-n3ccccc3=O)c2)c(OC)c1. The average molecular weight is 645 g/mol. The Morgan fingerprint density at radius 1 is 1.11 bits per heavy atom. The molecule has 13 nitrogen and oxygen atoms in total. The first-order chi connectivity index (χ1) is 22.2. The van der Waals surface area contributed by atoms with E-state index in [4.69, 9.17) is 31.5 Å². The maximum absolute atomic E-state index is 13.4. The van der Waals surface area contributed by atoms with E-state index in [0.717, 1.165) is 24.0 Å². The number of amides is 1. The van der Waals surface area contributed by atoms with Crippen LogP contribution in [0.3, 0.4) is 0 Å².